The van der Waals surface area contributed by atoms with Gasteiger partial charge in [0, 0.05) is 11.1 Å². The highest BCUT2D eigenvalue weighted by atomic mass is 16.5. The molecule has 110 valence electrons. The van der Waals surface area contributed by atoms with Crippen molar-refractivity contribution >= 4 is 5.78 Å². The summed E-state index contributed by atoms with van der Waals surface area (Å²) in [5, 5.41) is 0. The second kappa shape index (κ2) is 7.48. The molecule has 3 nitrogen and oxygen atoms in total. The van der Waals surface area contributed by atoms with E-state index in [0.29, 0.717) is 30.1 Å². The van der Waals surface area contributed by atoms with Crippen molar-refractivity contribution in [1.82, 2.24) is 0 Å². The SMILES string of the molecule is CCCOc1ccc(C(=O)c2cccc(OCC)c2)cc1. The standard InChI is InChI=1S/C18H20O3/c1-3-12-21-16-10-8-14(9-11-16)18(19)15-6-5-7-17(13-15)20-4-2/h5-11,13H,3-4,12H2,1-2H3. The Morgan fingerprint density at radius 1 is 0.905 bits per heavy atom. The van der Waals surface area contributed by atoms with Crippen molar-refractivity contribution in [3.05, 3.63) is 59.7 Å². The summed E-state index contributed by atoms with van der Waals surface area (Å²) >= 11 is 0. The Hall–Kier alpha value is -2.29. The zero-order valence-electron chi connectivity index (χ0n) is 12.5. The van der Waals surface area contributed by atoms with E-state index in [4.69, 9.17) is 9.47 Å². The number of hydrogen-bond acceptors (Lipinski definition) is 3. The van der Waals surface area contributed by atoms with Crippen molar-refractivity contribution in [3.63, 3.8) is 0 Å². The van der Waals surface area contributed by atoms with Gasteiger partial charge in [0.1, 0.15) is 11.5 Å². The second-order valence-corrected chi connectivity index (χ2v) is 4.66. The van der Waals surface area contributed by atoms with E-state index in [1.165, 1.54) is 0 Å². The first kappa shape index (κ1) is 15.1. The van der Waals surface area contributed by atoms with E-state index >= 15 is 0 Å². The Bertz CT molecular complexity index is 588. The predicted octanol–water partition coefficient (Wildman–Crippen LogP) is 4.11. The number of hydrogen-bond donors (Lipinski definition) is 0. The van der Waals surface area contributed by atoms with Gasteiger partial charge < -0.3 is 9.47 Å². The minimum absolute atomic E-state index is 0.0152. The molecule has 0 heterocycles. The van der Waals surface area contributed by atoms with Gasteiger partial charge >= 0.3 is 0 Å². The molecule has 0 atom stereocenters. The van der Waals surface area contributed by atoms with E-state index in [0.717, 1.165) is 12.2 Å². The molecule has 2 aromatic carbocycles. The fourth-order valence-electron chi connectivity index (χ4n) is 1.98. The molecule has 0 N–H and O–H groups in total. The molecule has 0 aliphatic heterocycles. The second-order valence-electron chi connectivity index (χ2n) is 4.66. The molecule has 2 rings (SSSR count). The van der Waals surface area contributed by atoms with Crippen molar-refractivity contribution in [2.45, 2.75) is 20.3 Å². The van der Waals surface area contributed by atoms with E-state index < -0.39 is 0 Å². The fourth-order valence-corrected chi connectivity index (χ4v) is 1.98. The molecule has 0 saturated carbocycles. The number of ether oxygens (including phenoxy) is 2. The van der Waals surface area contributed by atoms with E-state index in [2.05, 4.69) is 6.92 Å². The number of rotatable bonds is 7. The van der Waals surface area contributed by atoms with Gasteiger partial charge in [-0.05, 0) is 49.7 Å². The minimum atomic E-state index is -0.0152. The highest BCUT2D eigenvalue weighted by Gasteiger charge is 2.10. The number of carbonyl (C=O) groups excluding carboxylic acids is 1. The number of carbonyl (C=O) groups is 1. The zero-order chi connectivity index (χ0) is 15.1. The molecule has 0 saturated heterocycles. The fraction of sp³-hybridized carbons (Fsp3) is 0.278. The van der Waals surface area contributed by atoms with Gasteiger partial charge in [-0.2, -0.15) is 0 Å². The van der Waals surface area contributed by atoms with Crippen LogP contribution in [0.1, 0.15) is 36.2 Å². The van der Waals surface area contributed by atoms with Crippen LogP contribution >= 0.6 is 0 Å². The van der Waals surface area contributed by atoms with E-state index in [1.54, 1.807) is 24.3 Å². The number of benzene rings is 2. The molecular formula is C18H20O3. The average Bonchev–Trinajstić information content (AvgIpc) is 2.53. The lowest BCUT2D eigenvalue weighted by atomic mass is 10.0. The third-order valence-electron chi connectivity index (χ3n) is 3.00. The first-order valence-corrected chi connectivity index (χ1v) is 7.25. The summed E-state index contributed by atoms with van der Waals surface area (Å²) in [6, 6.07) is 14.5. The third kappa shape index (κ3) is 4.09. The molecule has 0 aliphatic carbocycles. The molecule has 0 unspecified atom stereocenters. The van der Waals surface area contributed by atoms with Crippen LogP contribution in [0.15, 0.2) is 48.5 Å². The molecule has 21 heavy (non-hydrogen) atoms. The Kier molecular flexibility index (Phi) is 5.38. The van der Waals surface area contributed by atoms with Crippen LogP contribution in [0.5, 0.6) is 11.5 Å². The lowest BCUT2D eigenvalue weighted by Gasteiger charge is -2.07. The summed E-state index contributed by atoms with van der Waals surface area (Å²) in [6.45, 7) is 5.25. The van der Waals surface area contributed by atoms with Crippen molar-refractivity contribution in [1.29, 1.82) is 0 Å². The Morgan fingerprint density at radius 3 is 2.33 bits per heavy atom. The first-order chi connectivity index (χ1) is 10.2. The largest absolute Gasteiger partial charge is 0.494 e. The smallest absolute Gasteiger partial charge is 0.193 e. The number of ketones is 1. The highest BCUT2D eigenvalue weighted by molar-refractivity contribution is 6.09. The van der Waals surface area contributed by atoms with Gasteiger partial charge in [0.25, 0.3) is 0 Å². The maximum Gasteiger partial charge on any atom is 0.193 e. The molecule has 0 aliphatic rings. The van der Waals surface area contributed by atoms with Crippen molar-refractivity contribution < 1.29 is 14.3 Å². The topological polar surface area (TPSA) is 35.5 Å². The Labute approximate surface area is 125 Å². The van der Waals surface area contributed by atoms with Crippen LogP contribution in [0.3, 0.4) is 0 Å². The molecule has 3 heteroatoms. The lowest BCUT2D eigenvalue weighted by Crippen LogP contribution is -2.02. The summed E-state index contributed by atoms with van der Waals surface area (Å²) in [6.07, 6.45) is 0.963. The summed E-state index contributed by atoms with van der Waals surface area (Å²) in [5.74, 6) is 1.49. The van der Waals surface area contributed by atoms with Crippen LogP contribution in [0, 0.1) is 0 Å². The van der Waals surface area contributed by atoms with Gasteiger partial charge in [-0.1, -0.05) is 19.1 Å². The summed E-state index contributed by atoms with van der Waals surface area (Å²) in [7, 11) is 0. The van der Waals surface area contributed by atoms with Crippen LogP contribution in [0.2, 0.25) is 0 Å². The summed E-state index contributed by atoms with van der Waals surface area (Å²) in [5.41, 5.74) is 1.27. The van der Waals surface area contributed by atoms with Crippen LogP contribution < -0.4 is 9.47 Å². The van der Waals surface area contributed by atoms with Gasteiger partial charge in [-0.25, -0.2) is 0 Å². The predicted molar refractivity (Wildman–Crippen MR) is 83.3 cm³/mol. The maximum absolute atomic E-state index is 12.4. The highest BCUT2D eigenvalue weighted by Crippen LogP contribution is 2.19. The monoisotopic (exact) mass is 284 g/mol. The normalized spacial score (nSPS) is 10.2. The van der Waals surface area contributed by atoms with Gasteiger partial charge in [0.05, 0.1) is 13.2 Å². The van der Waals surface area contributed by atoms with Gasteiger partial charge in [-0.3, -0.25) is 4.79 Å². The zero-order valence-corrected chi connectivity index (χ0v) is 12.5. The van der Waals surface area contributed by atoms with E-state index in [-0.39, 0.29) is 5.78 Å². The molecule has 2 aromatic rings. The van der Waals surface area contributed by atoms with Gasteiger partial charge in [0.15, 0.2) is 5.78 Å². The van der Waals surface area contributed by atoms with Gasteiger partial charge in [-0.15, -0.1) is 0 Å². The van der Waals surface area contributed by atoms with E-state index in [1.807, 2.05) is 31.2 Å². The Balaban J connectivity index is 2.13. The van der Waals surface area contributed by atoms with Crippen LogP contribution in [-0.4, -0.2) is 19.0 Å². The molecule has 0 radical (unpaired) electrons. The quantitative estimate of drug-likeness (QED) is 0.718. The molecule has 0 aromatic heterocycles. The summed E-state index contributed by atoms with van der Waals surface area (Å²) in [4.78, 5) is 12.4. The lowest BCUT2D eigenvalue weighted by molar-refractivity contribution is 0.103. The molecule has 0 spiro atoms. The Morgan fingerprint density at radius 2 is 1.67 bits per heavy atom. The third-order valence-corrected chi connectivity index (χ3v) is 3.00. The van der Waals surface area contributed by atoms with Crippen molar-refractivity contribution in [2.24, 2.45) is 0 Å². The van der Waals surface area contributed by atoms with Crippen molar-refractivity contribution in [3.8, 4) is 11.5 Å². The minimum Gasteiger partial charge on any atom is -0.494 e. The summed E-state index contributed by atoms with van der Waals surface area (Å²) < 4.78 is 10.9. The van der Waals surface area contributed by atoms with Crippen LogP contribution in [0.25, 0.3) is 0 Å². The van der Waals surface area contributed by atoms with Crippen LogP contribution in [-0.2, 0) is 0 Å². The molecule has 0 bridgehead atoms. The van der Waals surface area contributed by atoms with E-state index in [9.17, 15) is 4.79 Å². The van der Waals surface area contributed by atoms with Crippen molar-refractivity contribution in [2.75, 3.05) is 13.2 Å². The molecule has 0 amide bonds. The molecular weight excluding hydrogens is 264 g/mol. The maximum atomic E-state index is 12.4. The van der Waals surface area contributed by atoms with Gasteiger partial charge in [0.2, 0.25) is 0 Å². The van der Waals surface area contributed by atoms with Crippen LogP contribution in [0.4, 0.5) is 0 Å². The molecule has 0 fully saturated rings. The average molecular weight is 284 g/mol. The first-order valence-electron chi connectivity index (χ1n) is 7.25.